The van der Waals surface area contributed by atoms with Gasteiger partial charge < -0.3 is 19.9 Å². The van der Waals surface area contributed by atoms with E-state index in [4.69, 9.17) is 16.3 Å². The van der Waals surface area contributed by atoms with Gasteiger partial charge in [0.05, 0.1) is 20.2 Å². The maximum Gasteiger partial charge on any atom is 0.242 e. The lowest BCUT2D eigenvalue weighted by Crippen LogP contribution is -2.45. The van der Waals surface area contributed by atoms with Gasteiger partial charge in [-0.2, -0.15) is 0 Å². The molecular formula is C18H30ClIN4O2. The second-order valence-corrected chi connectivity index (χ2v) is 5.98. The summed E-state index contributed by atoms with van der Waals surface area (Å²) >= 11 is 5.99. The van der Waals surface area contributed by atoms with Gasteiger partial charge in [0.1, 0.15) is 5.75 Å². The van der Waals surface area contributed by atoms with E-state index in [1.165, 1.54) is 0 Å². The number of rotatable bonds is 8. The number of benzene rings is 1. The Labute approximate surface area is 178 Å². The molecule has 0 bridgehead atoms. The fourth-order valence-corrected chi connectivity index (χ4v) is 2.59. The fraction of sp³-hybridized carbons (Fsp3) is 0.556. The van der Waals surface area contributed by atoms with Gasteiger partial charge in [0.2, 0.25) is 5.91 Å². The first kappa shape index (κ1) is 24.8. The molecule has 148 valence electrons. The Balaban J connectivity index is 0.00000625. The highest BCUT2D eigenvalue weighted by molar-refractivity contribution is 14.0. The number of hydrogen-bond donors (Lipinski definition) is 1. The van der Waals surface area contributed by atoms with E-state index in [1.807, 2.05) is 49.8 Å². The molecule has 26 heavy (non-hydrogen) atoms. The molecule has 0 aliphatic rings. The van der Waals surface area contributed by atoms with Crippen LogP contribution >= 0.6 is 35.6 Å². The summed E-state index contributed by atoms with van der Waals surface area (Å²) in [6, 6.07) is 5.48. The van der Waals surface area contributed by atoms with Gasteiger partial charge >= 0.3 is 0 Å². The Bertz CT molecular complexity index is 595. The number of halogens is 2. The third kappa shape index (κ3) is 7.57. The number of guanidine groups is 1. The summed E-state index contributed by atoms with van der Waals surface area (Å²) in [6.07, 6.45) is 0. The third-order valence-corrected chi connectivity index (χ3v) is 4.07. The summed E-state index contributed by atoms with van der Waals surface area (Å²) in [5, 5.41) is 3.84. The zero-order valence-corrected chi connectivity index (χ0v) is 19.3. The quantitative estimate of drug-likeness (QED) is 0.341. The second kappa shape index (κ2) is 13.0. The minimum absolute atomic E-state index is 0. The molecular weight excluding hydrogens is 467 g/mol. The van der Waals surface area contributed by atoms with Crippen LogP contribution in [0.4, 0.5) is 0 Å². The van der Waals surface area contributed by atoms with Crippen LogP contribution in [0, 0.1) is 0 Å². The average molecular weight is 497 g/mol. The van der Waals surface area contributed by atoms with Crippen LogP contribution in [0.1, 0.15) is 26.3 Å². The highest BCUT2D eigenvalue weighted by atomic mass is 127. The van der Waals surface area contributed by atoms with E-state index in [-0.39, 0.29) is 36.4 Å². The van der Waals surface area contributed by atoms with Gasteiger partial charge in [0.25, 0.3) is 0 Å². The maximum atomic E-state index is 12.3. The first-order chi connectivity index (χ1) is 12.0. The van der Waals surface area contributed by atoms with Crippen LogP contribution in [0.25, 0.3) is 0 Å². The van der Waals surface area contributed by atoms with E-state index in [9.17, 15) is 4.79 Å². The van der Waals surface area contributed by atoms with Crippen molar-refractivity contribution in [2.24, 2.45) is 4.99 Å². The van der Waals surface area contributed by atoms with E-state index in [1.54, 1.807) is 13.2 Å². The number of amides is 1. The molecule has 0 aliphatic heterocycles. The third-order valence-electron chi connectivity index (χ3n) is 3.83. The molecule has 8 heteroatoms. The van der Waals surface area contributed by atoms with Gasteiger partial charge in [-0.15, -0.1) is 24.0 Å². The summed E-state index contributed by atoms with van der Waals surface area (Å²) in [6.45, 7) is 8.81. The van der Waals surface area contributed by atoms with E-state index < -0.39 is 0 Å². The normalized spacial score (nSPS) is 10.8. The van der Waals surface area contributed by atoms with Crippen LogP contribution in [0.2, 0.25) is 5.02 Å². The van der Waals surface area contributed by atoms with Gasteiger partial charge in [0.15, 0.2) is 5.96 Å². The molecule has 1 aromatic rings. The summed E-state index contributed by atoms with van der Waals surface area (Å²) in [4.78, 5) is 20.6. The predicted molar refractivity (Wildman–Crippen MR) is 119 cm³/mol. The van der Waals surface area contributed by atoms with E-state index in [0.29, 0.717) is 36.4 Å². The first-order valence-electron chi connectivity index (χ1n) is 8.56. The van der Waals surface area contributed by atoms with Crippen molar-refractivity contribution in [3.63, 3.8) is 0 Å². The molecule has 0 heterocycles. The summed E-state index contributed by atoms with van der Waals surface area (Å²) in [7, 11) is 3.47. The number of hydrogen-bond acceptors (Lipinski definition) is 3. The second-order valence-electron chi connectivity index (χ2n) is 5.55. The zero-order chi connectivity index (χ0) is 18.8. The molecule has 6 nitrogen and oxygen atoms in total. The van der Waals surface area contributed by atoms with Crippen LogP contribution in [0.5, 0.6) is 5.75 Å². The van der Waals surface area contributed by atoms with Crippen molar-refractivity contribution < 1.29 is 9.53 Å². The molecule has 0 unspecified atom stereocenters. The van der Waals surface area contributed by atoms with Crippen LogP contribution < -0.4 is 10.1 Å². The topological polar surface area (TPSA) is 57.2 Å². The van der Waals surface area contributed by atoms with Gasteiger partial charge in [0, 0.05) is 37.3 Å². The largest absolute Gasteiger partial charge is 0.496 e. The minimum Gasteiger partial charge on any atom is -0.496 e. The highest BCUT2D eigenvalue weighted by Gasteiger charge is 2.15. The lowest BCUT2D eigenvalue weighted by Gasteiger charge is -2.25. The molecule has 1 rings (SSSR count). The standard InChI is InChI=1S/C18H29ClN4O2.HI/c1-6-20-18(22(4)13-17(24)23(7-2)8-3)21-12-14-9-10-15(19)11-16(14)25-5;/h9-11H,6-8,12-13H2,1-5H3,(H,20,21);1H. The van der Waals surface area contributed by atoms with Crippen molar-refractivity contribution >= 4 is 47.4 Å². The Morgan fingerprint density at radius 3 is 2.46 bits per heavy atom. The summed E-state index contributed by atoms with van der Waals surface area (Å²) in [5.41, 5.74) is 0.936. The smallest absolute Gasteiger partial charge is 0.242 e. The van der Waals surface area contributed by atoms with E-state index in [2.05, 4.69) is 10.3 Å². The number of aliphatic imine (C=N–C) groups is 1. The number of carbonyl (C=O) groups excluding carboxylic acids is 1. The first-order valence-corrected chi connectivity index (χ1v) is 8.94. The monoisotopic (exact) mass is 496 g/mol. The van der Waals surface area contributed by atoms with Crippen LogP contribution in [0.15, 0.2) is 23.2 Å². The number of ether oxygens (including phenoxy) is 1. The molecule has 0 radical (unpaired) electrons. The Hall–Kier alpha value is -1.22. The molecule has 0 fully saturated rings. The highest BCUT2D eigenvalue weighted by Crippen LogP contribution is 2.23. The predicted octanol–water partition coefficient (Wildman–Crippen LogP) is 3.23. The van der Waals surface area contributed by atoms with Crippen molar-refractivity contribution in [1.29, 1.82) is 0 Å². The molecule has 0 spiro atoms. The lowest BCUT2D eigenvalue weighted by molar-refractivity contribution is -0.131. The molecule has 0 aromatic heterocycles. The van der Waals surface area contributed by atoms with Crippen molar-refractivity contribution in [3.8, 4) is 5.75 Å². The molecule has 0 atom stereocenters. The number of nitrogens with one attached hydrogen (secondary N) is 1. The summed E-state index contributed by atoms with van der Waals surface area (Å²) in [5.74, 6) is 1.47. The van der Waals surface area contributed by atoms with Gasteiger partial charge in [-0.3, -0.25) is 4.79 Å². The van der Waals surface area contributed by atoms with E-state index in [0.717, 1.165) is 12.1 Å². The number of nitrogens with zero attached hydrogens (tertiary/aromatic N) is 3. The zero-order valence-electron chi connectivity index (χ0n) is 16.2. The average Bonchev–Trinajstić information content (AvgIpc) is 2.60. The number of likely N-dealkylation sites (N-methyl/N-ethyl adjacent to an activating group) is 2. The fourth-order valence-electron chi connectivity index (χ4n) is 2.43. The Morgan fingerprint density at radius 2 is 1.92 bits per heavy atom. The minimum atomic E-state index is 0. The molecule has 1 amide bonds. The molecule has 0 aliphatic carbocycles. The Kier molecular flexibility index (Phi) is 12.4. The Morgan fingerprint density at radius 1 is 1.27 bits per heavy atom. The van der Waals surface area contributed by atoms with E-state index >= 15 is 0 Å². The van der Waals surface area contributed by atoms with Crippen molar-refractivity contribution in [2.75, 3.05) is 40.3 Å². The van der Waals surface area contributed by atoms with Crippen LogP contribution in [0.3, 0.4) is 0 Å². The SMILES string of the molecule is CCNC(=NCc1ccc(Cl)cc1OC)N(C)CC(=O)N(CC)CC.I. The summed E-state index contributed by atoms with van der Waals surface area (Å²) < 4.78 is 5.36. The molecule has 0 saturated heterocycles. The molecule has 0 saturated carbocycles. The van der Waals surface area contributed by atoms with Crippen molar-refractivity contribution in [1.82, 2.24) is 15.1 Å². The van der Waals surface area contributed by atoms with Gasteiger partial charge in [-0.05, 0) is 32.9 Å². The molecule has 1 aromatic carbocycles. The maximum absolute atomic E-state index is 12.3. The van der Waals surface area contributed by atoms with Crippen LogP contribution in [-0.2, 0) is 11.3 Å². The van der Waals surface area contributed by atoms with Crippen molar-refractivity contribution in [3.05, 3.63) is 28.8 Å². The number of carbonyl (C=O) groups is 1. The molecule has 1 N–H and O–H groups in total. The van der Waals surface area contributed by atoms with Gasteiger partial charge in [-0.25, -0.2) is 4.99 Å². The van der Waals surface area contributed by atoms with Crippen LogP contribution in [-0.4, -0.2) is 62.0 Å². The van der Waals surface area contributed by atoms with Crippen molar-refractivity contribution in [2.45, 2.75) is 27.3 Å². The van der Waals surface area contributed by atoms with Gasteiger partial charge in [-0.1, -0.05) is 17.7 Å². The number of methoxy groups -OCH3 is 1. The lowest BCUT2D eigenvalue weighted by atomic mass is 10.2.